The van der Waals surface area contributed by atoms with Gasteiger partial charge in [0.05, 0.1) is 17.5 Å². The fourth-order valence-electron chi connectivity index (χ4n) is 1.56. The second kappa shape index (κ2) is 4.87. The molecule has 2 aromatic rings. The highest BCUT2D eigenvalue weighted by molar-refractivity contribution is 5.48. The molecule has 0 aliphatic heterocycles. The minimum Gasteiger partial charge on any atom is -0.465 e. The molecule has 0 unspecified atom stereocenters. The van der Waals surface area contributed by atoms with Gasteiger partial charge in [-0.05, 0) is 26.0 Å². The SMILES string of the molecule is Cc1ccc(CNc2cc([N+](=O)[O-])c(C)cn2)o1. The predicted octanol–water partition coefficient (Wildman–Crippen LogP) is 2.81. The maximum atomic E-state index is 10.8. The summed E-state index contributed by atoms with van der Waals surface area (Å²) in [5.74, 6) is 2.05. The number of nitrogens with one attached hydrogen (secondary N) is 1. The highest BCUT2D eigenvalue weighted by Gasteiger charge is 2.12. The van der Waals surface area contributed by atoms with Crippen molar-refractivity contribution < 1.29 is 9.34 Å². The zero-order valence-electron chi connectivity index (χ0n) is 10.1. The van der Waals surface area contributed by atoms with Crippen LogP contribution in [0.2, 0.25) is 0 Å². The van der Waals surface area contributed by atoms with Crippen LogP contribution in [0.15, 0.2) is 28.8 Å². The maximum absolute atomic E-state index is 10.8. The van der Waals surface area contributed by atoms with Gasteiger partial charge in [-0.2, -0.15) is 0 Å². The molecule has 0 aliphatic carbocycles. The zero-order valence-corrected chi connectivity index (χ0v) is 10.1. The first-order chi connectivity index (χ1) is 8.56. The van der Waals surface area contributed by atoms with Crippen molar-refractivity contribution in [2.45, 2.75) is 20.4 Å². The molecule has 0 fully saturated rings. The first kappa shape index (κ1) is 12.1. The molecule has 6 heteroatoms. The van der Waals surface area contributed by atoms with E-state index in [2.05, 4.69) is 10.3 Å². The third-order valence-corrected chi connectivity index (χ3v) is 2.51. The molecule has 0 saturated heterocycles. The van der Waals surface area contributed by atoms with Crippen LogP contribution >= 0.6 is 0 Å². The topological polar surface area (TPSA) is 81.2 Å². The number of hydrogen-bond donors (Lipinski definition) is 1. The van der Waals surface area contributed by atoms with E-state index < -0.39 is 4.92 Å². The number of rotatable bonds is 4. The van der Waals surface area contributed by atoms with Gasteiger partial charge in [0, 0.05) is 11.8 Å². The van der Waals surface area contributed by atoms with Gasteiger partial charge >= 0.3 is 0 Å². The fourth-order valence-corrected chi connectivity index (χ4v) is 1.56. The molecule has 0 atom stereocenters. The van der Waals surface area contributed by atoms with Crippen LogP contribution in [0.1, 0.15) is 17.1 Å². The summed E-state index contributed by atoms with van der Waals surface area (Å²) in [5, 5.41) is 13.8. The maximum Gasteiger partial charge on any atom is 0.277 e. The lowest BCUT2D eigenvalue weighted by Gasteiger charge is -2.04. The molecule has 0 spiro atoms. The lowest BCUT2D eigenvalue weighted by Crippen LogP contribution is -2.02. The normalized spacial score (nSPS) is 10.3. The van der Waals surface area contributed by atoms with Gasteiger partial charge in [-0.15, -0.1) is 0 Å². The van der Waals surface area contributed by atoms with Crippen LogP contribution in [-0.4, -0.2) is 9.91 Å². The van der Waals surface area contributed by atoms with Crippen LogP contribution in [-0.2, 0) is 6.54 Å². The Bertz CT molecular complexity index is 578. The highest BCUT2D eigenvalue weighted by atomic mass is 16.6. The lowest BCUT2D eigenvalue weighted by molar-refractivity contribution is -0.385. The Kier molecular flexibility index (Phi) is 3.27. The molecule has 0 aromatic carbocycles. The summed E-state index contributed by atoms with van der Waals surface area (Å²) in [4.78, 5) is 14.5. The molecular formula is C12H13N3O3. The largest absolute Gasteiger partial charge is 0.465 e. The third kappa shape index (κ3) is 2.65. The summed E-state index contributed by atoms with van der Waals surface area (Å²) in [7, 11) is 0. The molecule has 6 nitrogen and oxygen atoms in total. The van der Waals surface area contributed by atoms with Gasteiger partial charge in [0.25, 0.3) is 5.69 Å². The number of anilines is 1. The first-order valence-electron chi connectivity index (χ1n) is 5.46. The van der Waals surface area contributed by atoms with Crippen LogP contribution in [0.5, 0.6) is 0 Å². The first-order valence-corrected chi connectivity index (χ1v) is 5.46. The van der Waals surface area contributed by atoms with E-state index in [1.165, 1.54) is 12.3 Å². The Morgan fingerprint density at radius 1 is 1.44 bits per heavy atom. The Morgan fingerprint density at radius 2 is 2.22 bits per heavy atom. The molecule has 0 amide bonds. The van der Waals surface area contributed by atoms with Crippen LogP contribution in [0, 0.1) is 24.0 Å². The van der Waals surface area contributed by atoms with Crippen LogP contribution < -0.4 is 5.32 Å². The molecule has 18 heavy (non-hydrogen) atoms. The number of aryl methyl sites for hydroxylation is 2. The summed E-state index contributed by atoms with van der Waals surface area (Å²) in [6.45, 7) is 3.96. The third-order valence-electron chi connectivity index (χ3n) is 2.51. The molecule has 0 bridgehead atoms. The van der Waals surface area contributed by atoms with Crippen LogP contribution in [0.3, 0.4) is 0 Å². The Hall–Kier alpha value is -2.37. The van der Waals surface area contributed by atoms with E-state index in [9.17, 15) is 10.1 Å². The second-order valence-corrected chi connectivity index (χ2v) is 3.98. The fraction of sp³-hybridized carbons (Fsp3) is 0.250. The number of pyridine rings is 1. The highest BCUT2D eigenvalue weighted by Crippen LogP contribution is 2.20. The Balaban J connectivity index is 2.10. The molecule has 0 saturated carbocycles. The molecule has 0 radical (unpaired) electrons. The van der Waals surface area contributed by atoms with E-state index in [-0.39, 0.29) is 5.69 Å². The summed E-state index contributed by atoms with van der Waals surface area (Å²) in [6, 6.07) is 5.14. The average Bonchev–Trinajstić information content (AvgIpc) is 2.74. The molecule has 2 rings (SSSR count). The van der Waals surface area contributed by atoms with E-state index in [0.29, 0.717) is 17.9 Å². The molecule has 1 N–H and O–H groups in total. The summed E-state index contributed by atoms with van der Waals surface area (Å²) in [5.41, 5.74) is 0.600. The van der Waals surface area contributed by atoms with Crippen molar-refractivity contribution in [3.05, 3.63) is 51.6 Å². The van der Waals surface area contributed by atoms with Gasteiger partial charge < -0.3 is 9.73 Å². The van der Waals surface area contributed by atoms with E-state index in [0.717, 1.165) is 11.5 Å². The predicted molar refractivity (Wildman–Crippen MR) is 66.4 cm³/mol. The van der Waals surface area contributed by atoms with Crippen molar-refractivity contribution in [1.29, 1.82) is 0 Å². The molecular weight excluding hydrogens is 234 g/mol. The number of hydrogen-bond acceptors (Lipinski definition) is 5. The molecule has 94 valence electrons. The van der Waals surface area contributed by atoms with Gasteiger partial charge in [0.1, 0.15) is 17.3 Å². The Morgan fingerprint density at radius 3 is 2.83 bits per heavy atom. The summed E-state index contributed by atoms with van der Waals surface area (Å²) >= 11 is 0. The van der Waals surface area contributed by atoms with E-state index in [1.807, 2.05) is 19.1 Å². The average molecular weight is 247 g/mol. The van der Waals surface area contributed by atoms with Crippen LogP contribution in [0.25, 0.3) is 0 Å². The second-order valence-electron chi connectivity index (χ2n) is 3.98. The molecule has 2 heterocycles. The van der Waals surface area contributed by atoms with Gasteiger partial charge in [-0.25, -0.2) is 4.98 Å². The van der Waals surface area contributed by atoms with E-state index in [4.69, 9.17) is 4.42 Å². The molecule has 2 aromatic heterocycles. The number of nitrogens with zero attached hydrogens (tertiary/aromatic N) is 2. The molecule has 0 aliphatic rings. The van der Waals surface area contributed by atoms with Crippen molar-refractivity contribution in [3.8, 4) is 0 Å². The van der Waals surface area contributed by atoms with Crippen molar-refractivity contribution >= 4 is 11.5 Å². The lowest BCUT2D eigenvalue weighted by atomic mass is 10.2. The number of furan rings is 1. The van der Waals surface area contributed by atoms with Crippen molar-refractivity contribution in [2.75, 3.05) is 5.32 Å². The number of aromatic nitrogens is 1. The zero-order chi connectivity index (χ0) is 13.1. The Labute approximate surface area is 104 Å². The van der Waals surface area contributed by atoms with Crippen LogP contribution in [0.4, 0.5) is 11.5 Å². The minimum atomic E-state index is -0.417. The standard InChI is InChI=1S/C12H13N3O3/c1-8-6-13-12(5-11(8)15(16)17)14-7-10-4-3-9(2)18-10/h3-6H,7H2,1-2H3,(H,13,14). The monoisotopic (exact) mass is 247 g/mol. The van der Waals surface area contributed by atoms with Gasteiger partial charge in [0.15, 0.2) is 0 Å². The summed E-state index contributed by atoms with van der Waals surface area (Å²) < 4.78 is 5.38. The van der Waals surface area contributed by atoms with E-state index in [1.54, 1.807) is 6.92 Å². The minimum absolute atomic E-state index is 0.0584. The number of nitro groups is 1. The smallest absolute Gasteiger partial charge is 0.277 e. The van der Waals surface area contributed by atoms with Gasteiger partial charge in [-0.3, -0.25) is 10.1 Å². The van der Waals surface area contributed by atoms with Crippen molar-refractivity contribution in [2.24, 2.45) is 0 Å². The van der Waals surface area contributed by atoms with Crippen molar-refractivity contribution in [1.82, 2.24) is 4.98 Å². The summed E-state index contributed by atoms with van der Waals surface area (Å²) in [6.07, 6.45) is 1.48. The van der Waals surface area contributed by atoms with Gasteiger partial charge in [0.2, 0.25) is 0 Å². The van der Waals surface area contributed by atoms with E-state index >= 15 is 0 Å². The van der Waals surface area contributed by atoms with Crippen molar-refractivity contribution in [3.63, 3.8) is 0 Å². The van der Waals surface area contributed by atoms with Gasteiger partial charge in [-0.1, -0.05) is 0 Å². The quantitative estimate of drug-likeness (QED) is 0.663.